The summed E-state index contributed by atoms with van der Waals surface area (Å²) < 4.78 is 5.72. The van der Waals surface area contributed by atoms with Gasteiger partial charge < -0.3 is 4.74 Å². The highest BCUT2D eigenvalue weighted by Crippen LogP contribution is 2.40. The second kappa shape index (κ2) is 3.01. The van der Waals surface area contributed by atoms with Crippen LogP contribution in [0.2, 0.25) is 0 Å². The lowest BCUT2D eigenvalue weighted by Gasteiger charge is -2.34. The molecule has 1 aromatic rings. The van der Waals surface area contributed by atoms with Crippen molar-refractivity contribution in [3.63, 3.8) is 0 Å². The number of hydrogen-bond acceptors (Lipinski definition) is 1. The van der Waals surface area contributed by atoms with Crippen molar-refractivity contribution in [1.82, 2.24) is 0 Å². The van der Waals surface area contributed by atoms with Crippen LogP contribution in [0.4, 0.5) is 0 Å². The number of rotatable bonds is 0. The monoisotopic (exact) mass is 190 g/mol. The average molecular weight is 190 g/mol. The van der Waals surface area contributed by atoms with Crippen LogP contribution >= 0.6 is 0 Å². The Bertz CT molecular complexity index is 364. The Hall–Kier alpha value is -0.980. The zero-order valence-corrected chi connectivity index (χ0v) is 9.48. The highest BCUT2D eigenvalue weighted by Gasteiger charge is 2.30. The van der Waals surface area contributed by atoms with Gasteiger partial charge in [-0.15, -0.1) is 0 Å². The van der Waals surface area contributed by atoms with Crippen molar-refractivity contribution in [2.24, 2.45) is 0 Å². The largest absolute Gasteiger partial charge is 0.493 e. The third-order valence-electron chi connectivity index (χ3n) is 3.11. The molecule has 1 heteroatoms. The molecule has 0 amide bonds. The van der Waals surface area contributed by atoms with Crippen molar-refractivity contribution in [2.45, 2.75) is 39.5 Å². The minimum absolute atomic E-state index is 0.269. The van der Waals surface area contributed by atoms with Crippen molar-refractivity contribution in [3.05, 3.63) is 28.8 Å². The summed E-state index contributed by atoms with van der Waals surface area (Å²) in [6, 6.07) is 4.40. The fourth-order valence-corrected chi connectivity index (χ4v) is 2.45. The summed E-state index contributed by atoms with van der Waals surface area (Å²) in [5.74, 6) is 1.10. The fraction of sp³-hybridized carbons (Fsp3) is 0.538. The Balaban J connectivity index is 2.63. The second-order valence-electron chi connectivity index (χ2n) is 4.94. The molecule has 0 unspecified atom stereocenters. The van der Waals surface area contributed by atoms with E-state index in [2.05, 4.69) is 39.8 Å². The second-order valence-corrected chi connectivity index (χ2v) is 4.94. The van der Waals surface area contributed by atoms with Crippen molar-refractivity contribution in [2.75, 3.05) is 6.61 Å². The number of aryl methyl sites for hydroxylation is 2. The number of fused-ring (bicyclic) bond motifs is 1. The van der Waals surface area contributed by atoms with Crippen LogP contribution in [0.3, 0.4) is 0 Å². The first-order valence-corrected chi connectivity index (χ1v) is 5.25. The van der Waals surface area contributed by atoms with Crippen molar-refractivity contribution in [3.8, 4) is 5.75 Å². The molecule has 1 aliphatic rings. The van der Waals surface area contributed by atoms with Crippen molar-refractivity contribution in [1.29, 1.82) is 0 Å². The van der Waals surface area contributed by atoms with Gasteiger partial charge >= 0.3 is 0 Å². The summed E-state index contributed by atoms with van der Waals surface area (Å²) in [5, 5.41) is 0. The Labute approximate surface area is 86.1 Å². The summed E-state index contributed by atoms with van der Waals surface area (Å²) in [6.45, 7) is 9.76. The molecular weight excluding hydrogens is 172 g/mol. The van der Waals surface area contributed by atoms with Crippen LogP contribution in [-0.2, 0) is 5.41 Å². The average Bonchev–Trinajstić information content (AvgIpc) is 2.00. The number of hydrogen-bond donors (Lipinski definition) is 0. The van der Waals surface area contributed by atoms with Crippen LogP contribution in [0.5, 0.6) is 5.75 Å². The smallest absolute Gasteiger partial charge is 0.123 e. The van der Waals surface area contributed by atoms with Gasteiger partial charge in [0.2, 0.25) is 0 Å². The van der Waals surface area contributed by atoms with E-state index in [1.165, 1.54) is 16.7 Å². The molecule has 1 heterocycles. The van der Waals surface area contributed by atoms with Crippen LogP contribution in [0.1, 0.15) is 37.0 Å². The summed E-state index contributed by atoms with van der Waals surface area (Å²) >= 11 is 0. The van der Waals surface area contributed by atoms with Gasteiger partial charge in [-0.25, -0.2) is 0 Å². The van der Waals surface area contributed by atoms with E-state index in [9.17, 15) is 0 Å². The molecular formula is C13H18O. The minimum Gasteiger partial charge on any atom is -0.493 e. The third kappa shape index (κ3) is 1.41. The molecule has 0 saturated heterocycles. The molecule has 76 valence electrons. The number of benzene rings is 1. The summed E-state index contributed by atoms with van der Waals surface area (Å²) in [5.41, 5.74) is 4.32. The molecule has 1 aliphatic heterocycles. The highest BCUT2D eigenvalue weighted by atomic mass is 16.5. The lowest BCUT2D eigenvalue weighted by Crippen LogP contribution is -2.27. The number of ether oxygens (including phenoxy) is 1. The van der Waals surface area contributed by atoms with Gasteiger partial charge in [-0.05, 0) is 42.9 Å². The summed E-state index contributed by atoms with van der Waals surface area (Å²) in [7, 11) is 0. The highest BCUT2D eigenvalue weighted by molar-refractivity contribution is 5.48. The normalized spacial score (nSPS) is 18.6. The van der Waals surface area contributed by atoms with Crippen LogP contribution in [0, 0.1) is 13.8 Å². The SMILES string of the molecule is Cc1cc(C)c2c(c1)OCCC2(C)C. The van der Waals surface area contributed by atoms with Gasteiger partial charge in [-0.3, -0.25) is 0 Å². The molecule has 1 nitrogen and oxygen atoms in total. The first kappa shape index (κ1) is 9.57. The quantitative estimate of drug-likeness (QED) is 0.609. The first-order chi connectivity index (χ1) is 6.50. The van der Waals surface area contributed by atoms with Gasteiger partial charge in [-0.1, -0.05) is 19.9 Å². The van der Waals surface area contributed by atoms with E-state index in [-0.39, 0.29) is 5.41 Å². The van der Waals surface area contributed by atoms with Crippen LogP contribution in [-0.4, -0.2) is 6.61 Å². The maximum absolute atomic E-state index is 5.72. The molecule has 0 atom stereocenters. The van der Waals surface area contributed by atoms with Crippen LogP contribution < -0.4 is 4.74 Å². The Morgan fingerprint density at radius 3 is 2.64 bits per heavy atom. The maximum atomic E-state index is 5.72. The van der Waals surface area contributed by atoms with E-state index in [0.29, 0.717) is 0 Å². The van der Waals surface area contributed by atoms with E-state index in [1.54, 1.807) is 0 Å². The predicted molar refractivity (Wildman–Crippen MR) is 59.1 cm³/mol. The zero-order valence-electron chi connectivity index (χ0n) is 9.48. The lowest BCUT2D eigenvalue weighted by molar-refractivity contribution is 0.233. The van der Waals surface area contributed by atoms with E-state index in [0.717, 1.165) is 18.8 Å². The Kier molecular flexibility index (Phi) is 2.06. The summed E-state index contributed by atoms with van der Waals surface area (Å²) in [6.07, 6.45) is 1.11. The van der Waals surface area contributed by atoms with E-state index in [4.69, 9.17) is 4.74 Å². The van der Waals surface area contributed by atoms with E-state index >= 15 is 0 Å². The molecule has 14 heavy (non-hydrogen) atoms. The first-order valence-electron chi connectivity index (χ1n) is 5.25. The molecule has 0 radical (unpaired) electrons. The van der Waals surface area contributed by atoms with Gasteiger partial charge in [-0.2, -0.15) is 0 Å². The minimum atomic E-state index is 0.269. The van der Waals surface area contributed by atoms with Crippen molar-refractivity contribution >= 4 is 0 Å². The fourth-order valence-electron chi connectivity index (χ4n) is 2.45. The van der Waals surface area contributed by atoms with Gasteiger partial charge in [0.15, 0.2) is 0 Å². The summed E-state index contributed by atoms with van der Waals surface area (Å²) in [4.78, 5) is 0. The lowest BCUT2D eigenvalue weighted by atomic mass is 9.77. The van der Waals surface area contributed by atoms with Crippen molar-refractivity contribution < 1.29 is 4.74 Å². The van der Waals surface area contributed by atoms with Gasteiger partial charge in [0.1, 0.15) is 5.75 Å². The molecule has 0 bridgehead atoms. The molecule has 0 saturated carbocycles. The molecule has 1 aromatic carbocycles. The molecule has 0 fully saturated rings. The molecule has 0 N–H and O–H groups in total. The Morgan fingerprint density at radius 2 is 1.93 bits per heavy atom. The predicted octanol–water partition coefficient (Wildman–Crippen LogP) is 3.36. The molecule has 0 aromatic heterocycles. The standard InChI is InChI=1S/C13H18O/c1-9-7-10(2)12-11(8-9)14-6-5-13(12,3)4/h7-8H,5-6H2,1-4H3. The molecule has 2 rings (SSSR count). The van der Waals surface area contributed by atoms with Gasteiger partial charge in [0.25, 0.3) is 0 Å². The van der Waals surface area contributed by atoms with E-state index in [1.807, 2.05) is 0 Å². The van der Waals surface area contributed by atoms with Gasteiger partial charge in [0.05, 0.1) is 6.61 Å². The third-order valence-corrected chi connectivity index (χ3v) is 3.11. The Morgan fingerprint density at radius 1 is 1.21 bits per heavy atom. The zero-order chi connectivity index (χ0) is 10.3. The van der Waals surface area contributed by atoms with Gasteiger partial charge in [0, 0.05) is 5.56 Å². The molecule has 0 aliphatic carbocycles. The topological polar surface area (TPSA) is 9.23 Å². The van der Waals surface area contributed by atoms with E-state index < -0.39 is 0 Å². The van der Waals surface area contributed by atoms with Crippen LogP contribution in [0.15, 0.2) is 12.1 Å². The molecule has 0 spiro atoms. The van der Waals surface area contributed by atoms with Crippen LogP contribution in [0.25, 0.3) is 0 Å². The maximum Gasteiger partial charge on any atom is 0.123 e.